The lowest BCUT2D eigenvalue weighted by atomic mass is 9.84. The number of nitrogens with zero attached hydrogens (tertiary/aromatic N) is 1. The number of rotatable bonds is 6. The van der Waals surface area contributed by atoms with Crippen LogP contribution in [0.3, 0.4) is 0 Å². The Morgan fingerprint density at radius 1 is 1.13 bits per heavy atom. The number of benzene rings is 3. The second kappa shape index (κ2) is 8.93. The van der Waals surface area contributed by atoms with Gasteiger partial charge in [0.1, 0.15) is 25.4 Å². The zero-order chi connectivity index (χ0) is 21.0. The van der Waals surface area contributed by atoms with Crippen LogP contribution < -0.4 is 15.1 Å². The van der Waals surface area contributed by atoms with Crippen molar-refractivity contribution < 1.29 is 13.7 Å². The summed E-state index contributed by atoms with van der Waals surface area (Å²) in [5, 5.41) is 14.7. The van der Waals surface area contributed by atoms with Crippen LogP contribution in [-0.4, -0.2) is 6.10 Å². The molecule has 0 radical (unpaired) electrons. The van der Waals surface area contributed by atoms with Crippen LogP contribution in [-0.2, 0) is 16.7 Å². The topological polar surface area (TPSA) is 54.3 Å². The second-order valence-electron chi connectivity index (χ2n) is 7.29. The smallest absolute Gasteiger partial charge is 0.144 e. The number of hydrogen-bond acceptors (Lipinski definition) is 4. The van der Waals surface area contributed by atoms with Crippen LogP contribution in [0.5, 0.6) is 5.75 Å². The Morgan fingerprint density at radius 2 is 1.83 bits per heavy atom. The van der Waals surface area contributed by atoms with Gasteiger partial charge in [0, 0.05) is 17.3 Å². The van der Waals surface area contributed by atoms with E-state index in [0.717, 1.165) is 10.9 Å². The van der Waals surface area contributed by atoms with Crippen LogP contribution in [0.2, 0.25) is 0 Å². The zero-order valence-corrected chi connectivity index (χ0v) is 17.5. The fourth-order valence-electron chi connectivity index (χ4n) is 3.60. The molecule has 30 heavy (non-hydrogen) atoms. The molecule has 4 nitrogen and oxygen atoms in total. The highest BCUT2D eigenvalue weighted by molar-refractivity contribution is 7.58. The van der Waals surface area contributed by atoms with Gasteiger partial charge in [0.25, 0.3) is 0 Å². The second-order valence-corrected chi connectivity index (χ2v) is 8.88. The highest BCUT2D eigenvalue weighted by Gasteiger charge is 2.43. The summed E-state index contributed by atoms with van der Waals surface area (Å²) in [5.41, 5.74) is 0.434. The van der Waals surface area contributed by atoms with Crippen LogP contribution in [0.15, 0.2) is 78.9 Å². The molecule has 0 spiro atoms. The Kier molecular flexibility index (Phi) is 6.11. The van der Waals surface area contributed by atoms with E-state index in [1.807, 2.05) is 67.6 Å². The summed E-state index contributed by atoms with van der Waals surface area (Å²) >= 11 is 0. The predicted octanol–water partition coefficient (Wildman–Crippen LogP) is 5.16. The summed E-state index contributed by atoms with van der Waals surface area (Å²) < 4.78 is 26.2. The molecule has 0 saturated heterocycles. The average Bonchev–Trinajstić information content (AvgIpc) is 2.78. The fraction of sp³-hybridized carbons (Fsp3) is 0.208. The van der Waals surface area contributed by atoms with Crippen LogP contribution in [0.4, 0.5) is 4.39 Å². The lowest BCUT2D eigenvalue weighted by Gasteiger charge is -2.39. The Morgan fingerprint density at radius 3 is 2.53 bits per heavy atom. The molecule has 4 rings (SSSR count). The Labute approximate surface area is 177 Å². The standard InChI is InChI=1S/C24H22FN2O2P/c1-18-15-24(17-26,22-14-20(25)12-13-23(22)29-18)27-30(21-10-6-3-7-11-21)28-16-19-8-4-2-5-9-19/h2-14,18,27H,15-16H2,1H3. The van der Waals surface area contributed by atoms with Gasteiger partial charge >= 0.3 is 0 Å². The third-order valence-electron chi connectivity index (χ3n) is 5.00. The number of ether oxygens (including phenoxy) is 1. The molecule has 3 aromatic rings. The third kappa shape index (κ3) is 4.37. The van der Waals surface area contributed by atoms with Crippen molar-refractivity contribution in [1.82, 2.24) is 5.09 Å². The van der Waals surface area contributed by atoms with Gasteiger partial charge in [-0.1, -0.05) is 60.7 Å². The molecular weight excluding hydrogens is 398 g/mol. The van der Waals surface area contributed by atoms with E-state index in [2.05, 4.69) is 11.2 Å². The highest BCUT2D eigenvalue weighted by atomic mass is 31.2. The molecule has 1 N–H and O–H groups in total. The van der Waals surface area contributed by atoms with E-state index in [-0.39, 0.29) is 6.10 Å². The van der Waals surface area contributed by atoms with Crippen molar-refractivity contribution in [2.45, 2.75) is 31.6 Å². The molecule has 1 heterocycles. The molecule has 0 saturated carbocycles. The predicted molar refractivity (Wildman–Crippen MR) is 116 cm³/mol. The molecule has 1 aliphatic rings. The highest BCUT2D eigenvalue weighted by Crippen LogP contribution is 2.46. The fourth-order valence-corrected chi connectivity index (χ4v) is 5.27. The quantitative estimate of drug-likeness (QED) is 0.560. The number of halogens is 1. The molecular formula is C24H22FN2O2P. The number of fused-ring (bicyclic) bond motifs is 1. The van der Waals surface area contributed by atoms with E-state index >= 15 is 0 Å². The monoisotopic (exact) mass is 420 g/mol. The van der Waals surface area contributed by atoms with E-state index in [9.17, 15) is 9.65 Å². The van der Waals surface area contributed by atoms with E-state index in [1.54, 1.807) is 6.07 Å². The molecule has 0 bridgehead atoms. The Hall–Kier alpha value is -2.77. The molecule has 0 aliphatic carbocycles. The minimum absolute atomic E-state index is 0.197. The van der Waals surface area contributed by atoms with Crippen LogP contribution >= 0.6 is 8.30 Å². The van der Waals surface area contributed by atoms with Gasteiger partial charge in [0.05, 0.1) is 18.8 Å². The summed E-state index contributed by atoms with van der Waals surface area (Å²) in [7, 11) is -1.36. The lowest BCUT2D eigenvalue weighted by Crippen LogP contribution is -2.46. The maximum atomic E-state index is 14.1. The maximum Gasteiger partial charge on any atom is 0.144 e. The summed E-state index contributed by atoms with van der Waals surface area (Å²) in [6, 6.07) is 26.4. The van der Waals surface area contributed by atoms with Crippen molar-refractivity contribution >= 4 is 13.6 Å². The van der Waals surface area contributed by atoms with Gasteiger partial charge in [-0.2, -0.15) is 5.26 Å². The molecule has 0 fully saturated rings. The molecule has 3 atom stereocenters. The molecule has 0 amide bonds. The van der Waals surface area contributed by atoms with Gasteiger partial charge in [-0.25, -0.2) is 9.48 Å². The first kappa shape index (κ1) is 20.5. The van der Waals surface area contributed by atoms with Crippen molar-refractivity contribution in [1.29, 1.82) is 5.26 Å². The number of hydrogen-bond donors (Lipinski definition) is 1. The van der Waals surface area contributed by atoms with Crippen LogP contribution in [0.25, 0.3) is 0 Å². The van der Waals surface area contributed by atoms with Crippen molar-refractivity contribution in [3.63, 3.8) is 0 Å². The summed E-state index contributed by atoms with van der Waals surface area (Å²) in [5.74, 6) is 0.123. The van der Waals surface area contributed by atoms with Gasteiger partial charge in [-0.05, 0) is 30.7 Å². The number of nitriles is 1. The molecule has 152 valence electrons. The first-order valence-electron chi connectivity index (χ1n) is 9.77. The first-order valence-corrected chi connectivity index (χ1v) is 11.0. The van der Waals surface area contributed by atoms with Crippen molar-refractivity contribution in [3.8, 4) is 11.8 Å². The Balaban J connectivity index is 1.69. The molecule has 0 aromatic heterocycles. The average molecular weight is 420 g/mol. The minimum Gasteiger partial charge on any atom is -0.490 e. The van der Waals surface area contributed by atoms with Crippen LogP contribution in [0, 0.1) is 17.1 Å². The van der Waals surface area contributed by atoms with Crippen molar-refractivity contribution in [3.05, 3.63) is 95.8 Å². The minimum atomic E-state index is -1.36. The van der Waals surface area contributed by atoms with Gasteiger partial charge in [0.15, 0.2) is 0 Å². The number of nitrogens with one attached hydrogen (secondary N) is 1. The van der Waals surface area contributed by atoms with Gasteiger partial charge < -0.3 is 9.26 Å². The largest absolute Gasteiger partial charge is 0.490 e. The lowest BCUT2D eigenvalue weighted by molar-refractivity contribution is 0.150. The molecule has 6 heteroatoms. The van der Waals surface area contributed by atoms with Crippen molar-refractivity contribution in [2.24, 2.45) is 0 Å². The molecule has 3 aromatic carbocycles. The van der Waals surface area contributed by atoms with E-state index < -0.39 is 19.7 Å². The normalized spacial score (nSPS) is 21.2. The summed E-state index contributed by atoms with van der Waals surface area (Å²) in [6.07, 6.45) is 0.192. The third-order valence-corrected chi connectivity index (χ3v) is 6.74. The summed E-state index contributed by atoms with van der Waals surface area (Å²) in [6.45, 7) is 2.31. The SMILES string of the molecule is CC1CC(C#N)(NP(OCc2ccccc2)c2ccccc2)c2cc(F)ccc2O1. The summed E-state index contributed by atoms with van der Waals surface area (Å²) in [4.78, 5) is 0. The Bertz CT molecular complexity index is 1040. The van der Waals surface area contributed by atoms with E-state index in [4.69, 9.17) is 9.26 Å². The van der Waals surface area contributed by atoms with Gasteiger partial charge in [-0.3, -0.25) is 0 Å². The van der Waals surface area contributed by atoms with E-state index in [1.165, 1.54) is 12.1 Å². The van der Waals surface area contributed by atoms with Crippen LogP contribution in [0.1, 0.15) is 24.5 Å². The maximum absolute atomic E-state index is 14.1. The van der Waals surface area contributed by atoms with Gasteiger partial charge in [0.2, 0.25) is 0 Å². The van der Waals surface area contributed by atoms with Crippen molar-refractivity contribution in [2.75, 3.05) is 0 Å². The molecule has 1 aliphatic heterocycles. The van der Waals surface area contributed by atoms with Gasteiger partial charge in [-0.15, -0.1) is 0 Å². The first-order chi connectivity index (χ1) is 14.6. The zero-order valence-electron chi connectivity index (χ0n) is 16.6. The van der Waals surface area contributed by atoms with E-state index in [0.29, 0.717) is 24.3 Å². The molecule has 3 unspecified atom stereocenters.